The molecule has 1 aliphatic carbocycles. The van der Waals surface area contributed by atoms with Crippen molar-refractivity contribution >= 4 is 11.7 Å². The topological polar surface area (TPSA) is 40.5 Å². The van der Waals surface area contributed by atoms with Crippen molar-refractivity contribution in [3.05, 3.63) is 30.1 Å². The van der Waals surface area contributed by atoms with Crippen molar-refractivity contribution < 1.29 is 14.3 Å². The zero-order valence-corrected chi connectivity index (χ0v) is 11.9. The molecule has 0 atom stereocenters. The Kier molecular flexibility index (Phi) is 4.63. The standard InChI is InChI=1S/C16H22FNO2/c1-18(14-9-5-4-8-13(14)17)12-16(15(19)20)10-6-2-3-7-11-16/h4-5,8-9H,2-3,6-7,10-12H2,1H3,(H,19,20). The lowest BCUT2D eigenvalue weighted by Crippen LogP contribution is -2.42. The van der Waals surface area contributed by atoms with E-state index in [4.69, 9.17) is 0 Å². The van der Waals surface area contributed by atoms with E-state index in [1.54, 1.807) is 30.1 Å². The summed E-state index contributed by atoms with van der Waals surface area (Å²) in [5.74, 6) is -1.05. The summed E-state index contributed by atoms with van der Waals surface area (Å²) in [5.41, 5.74) is -0.273. The zero-order valence-electron chi connectivity index (χ0n) is 11.9. The summed E-state index contributed by atoms with van der Waals surface area (Å²) in [6.07, 6.45) is 5.44. The van der Waals surface area contributed by atoms with E-state index in [9.17, 15) is 14.3 Å². The maximum absolute atomic E-state index is 13.8. The summed E-state index contributed by atoms with van der Waals surface area (Å²) in [7, 11) is 1.77. The molecule has 3 nitrogen and oxygen atoms in total. The smallest absolute Gasteiger partial charge is 0.311 e. The number of hydrogen-bond acceptors (Lipinski definition) is 2. The van der Waals surface area contributed by atoms with E-state index in [2.05, 4.69) is 0 Å². The van der Waals surface area contributed by atoms with E-state index in [0.29, 0.717) is 25.1 Å². The first kappa shape index (κ1) is 14.8. The molecule has 0 aliphatic heterocycles. The molecular weight excluding hydrogens is 257 g/mol. The molecule has 1 saturated carbocycles. The van der Waals surface area contributed by atoms with Crippen LogP contribution in [0.5, 0.6) is 0 Å². The largest absolute Gasteiger partial charge is 0.481 e. The van der Waals surface area contributed by atoms with Crippen molar-refractivity contribution in [3.63, 3.8) is 0 Å². The predicted molar refractivity (Wildman–Crippen MR) is 77.4 cm³/mol. The van der Waals surface area contributed by atoms with Gasteiger partial charge in [-0.1, -0.05) is 37.8 Å². The van der Waals surface area contributed by atoms with Gasteiger partial charge in [-0.3, -0.25) is 4.79 Å². The van der Waals surface area contributed by atoms with Crippen LogP contribution in [0.15, 0.2) is 24.3 Å². The molecule has 0 heterocycles. The van der Waals surface area contributed by atoms with E-state index < -0.39 is 11.4 Å². The first-order chi connectivity index (χ1) is 9.55. The van der Waals surface area contributed by atoms with Gasteiger partial charge in [-0.25, -0.2) is 4.39 Å². The Balaban J connectivity index is 2.19. The molecule has 0 unspecified atom stereocenters. The van der Waals surface area contributed by atoms with Crippen LogP contribution in [0.3, 0.4) is 0 Å². The normalized spacial score (nSPS) is 18.3. The molecule has 0 amide bonds. The first-order valence-electron chi connectivity index (χ1n) is 7.24. The van der Waals surface area contributed by atoms with Gasteiger partial charge in [0.05, 0.1) is 11.1 Å². The van der Waals surface area contributed by atoms with Gasteiger partial charge in [-0.2, -0.15) is 0 Å². The van der Waals surface area contributed by atoms with Crippen molar-refractivity contribution in [2.24, 2.45) is 5.41 Å². The van der Waals surface area contributed by atoms with Crippen LogP contribution in [0.25, 0.3) is 0 Å². The van der Waals surface area contributed by atoms with Crippen LogP contribution in [0, 0.1) is 11.2 Å². The van der Waals surface area contributed by atoms with E-state index in [0.717, 1.165) is 25.7 Å². The van der Waals surface area contributed by atoms with E-state index in [1.165, 1.54) is 6.07 Å². The fourth-order valence-electron chi connectivity index (χ4n) is 3.15. The monoisotopic (exact) mass is 279 g/mol. The number of carbonyl (C=O) groups is 1. The quantitative estimate of drug-likeness (QED) is 0.855. The summed E-state index contributed by atoms with van der Waals surface area (Å²) >= 11 is 0. The van der Waals surface area contributed by atoms with Crippen LogP contribution in [-0.2, 0) is 4.79 Å². The number of rotatable bonds is 4. The third-order valence-corrected chi connectivity index (χ3v) is 4.32. The number of hydrogen-bond donors (Lipinski definition) is 1. The highest BCUT2D eigenvalue weighted by Crippen LogP contribution is 2.37. The molecule has 1 N–H and O–H groups in total. The van der Waals surface area contributed by atoms with Crippen molar-refractivity contribution in [3.8, 4) is 0 Å². The number of para-hydroxylation sites is 1. The minimum absolute atomic E-state index is 0.302. The lowest BCUT2D eigenvalue weighted by atomic mass is 9.80. The molecule has 4 heteroatoms. The maximum atomic E-state index is 13.8. The summed E-state index contributed by atoms with van der Waals surface area (Å²) in [4.78, 5) is 13.5. The van der Waals surface area contributed by atoms with Gasteiger partial charge in [0.25, 0.3) is 0 Å². The molecule has 2 rings (SSSR count). The van der Waals surface area contributed by atoms with Crippen LogP contribution >= 0.6 is 0 Å². The molecule has 1 aromatic rings. The Morgan fingerprint density at radius 1 is 1.25 bits per heavy atom. The van der Waals surface area contributed by atoms with Crippen LogP contribution in [-0.4, -0.2) is 24.7 Å². The van der Waals surface area contributed by atoms with Gasteiger partial charge in [-0.15, -0.1) is 0 Å². The average molecular weight is 279 g/mol. The van der Waals surface area contributed by atoms with Crippen LogP contribution < -0.4 is 4.90 Å². The molecule has 1 fully saturated rings. The van der Waals surface area contributed by atoms with Gasteiger partial charge in [0, 0.05) is 13.6 Å². The maximum Gasteiger partial charge on any atom is 0.311 e. The minimum Gasteiger partial charge on any atom is -0.481 e. The molecule has 0 bridgehead atoms. The van der Waals surface area contributed by atoms with Gasteiger partial charge in [-0.05, 0) is 25.0 Å². The Morgan fingerprint density at radius 2 is 1.85 bits per heavy atom. The molecule has 0 spiro atoms. The van der Waals surface area contributed by atoms with Gasteiger partial charge < -0.3 is 10.0 Å². The minimum atomic E-state index is -0.748. The van der Waals surface area contributed by atoms with Gasteiger partial charge in [0.2, 0.25) is 0 Å². The Hall–Kier alpha value is -1.58. The Bertz CT molecular complexity index is 467. The first-order valence-corrected chi connectivity index (χ1v) is 7.24. The summed E-state index contributed by atoms with van der Waals surface area (Å²) in [5, 5.41) is 9.66. The third kappa shape index (κ3) is 3.11. The number of carboxylic acids is 1. The van der Waals surface area contributed by atoms with Gasteiger partial charge in [0.15, 0.2) is 0 Å². The van der Waals surface area contributed by atoms with Crippen molar-refractivity contribution in [2.45, 2.75) is 38.5 Å². The lowest BCUT2D eigenvalue weighted by Gasteiger charge is -2.33. The number of nitrogens with zero attached hydrogens (tertiary/aromatic N) is 1. The molecule has 1 aromatic carbocycles. The van der Waals surface area contributed by atoms with E-state index >= 15 is 0 Å². The fourth-order valence-corrected chi connectivity index (χ4v) is 3.15. The summed E-state index contributed by atoms with van der Waals surface area (Å²) in [6, 6.07) is 6.52. The third-order valence-electron chi connectivity index (χ3n) is 4.32. The highest BCUT2D eigenvalue weighted by Gasteiger charge is 2.39. The zero-order chi connectivity index (χ0) is 14.6. The van der Waals surface area contributed by atoms with Gasteiger partial charge >= 0.3 is 5.97 Å². The number of benzene rings is 1. The SMILES string of the molecule is CN(CC1(C(=O)O)CCCCCC1)c1ccccc1F. The molecule has 0 aromatic heterocycles. The highest BCUT2D eigenvalue weighted by atomic mass is 19.1. The molecular formula is C16H22FNO2. The number of halogens is 1. The second-order valence-electron chi connectivity index (χ2n) is 5.81. The molecule has 1 aliphatic rings. The van der Waals surface area contributed by atoms with Crippen molar-refractivity contribution in [2.75, 3.05) is 18.5 Å². The van der Waals surface area contributed by atoms with Crippen LogP contribution in [0.2, 0.25) is 0 Å². The summed E-state index contributed by atoms with van der Waals surface area (Å²) in [6.45, 7) is 0.364. The second kappa shape index (κ2) is 6.25. The number of aliphatic carboxylic acids is 1. The van der Waals surface area contributed by atoms with Crippen molar-refractivity contribution in [1.82, 2.24) is 0 Å². The second-order valence-corrected chi connectivity index (χ2v) is 5.81. The number of carboxylic acid groups (broad SMARTS) is 1. The summed E-state index contributed by atoms with van der Waals surface area (Å²) < 4.78 is 13.8. The average Bonchev–Trinajstić information content (AvgIpc) is 2.65. The molecule has 20 heavy (non-hydrogen) atoms. The fraction of sp³-hybridized carbons (Fsp3) is 0.562. The van der Waals surface area contributed by atoms with Crippen molar-refractivity contribution in [1.29, 1.82) is 0 Å². The van der Waals surface area contributed by atoms with Crippen LogP contribution in [0.4, 0.5) is 10.1 Å². The predicted octanol–water partition coefficient (Wildman–Crippen LogP) is 3.69. The van der Waals surface area contributed by atoms with Crippen LogP contribution in [0.1, 0.15) is 38.5 Å². The highest BCUT2D eigenvalue weighted by molar-refractivity contribution is 5.75. The van der Waals surface area contributed by atoms with Gasteiger partial charge in [0.1, 0.15) is 5.82 Å². The Labute approximate surface area is 119 Å². The number of anilines is 1. The lowest BCUT2D eigenvalue weighted by molar-refractivity contribution is -0.149. The Morgan fingerprint density at radius 3 is 2.40 bits per heavy atom. The van der Waals surface area contributed by atoms with E-state index in [-0.39, 0.29) is 5.82 Å². The molecule has 110 valence electrons. The molecule has 0 radical (unpaired) electrons. The van der Waals surface area contributed by atoms with E-state index in [1.807, 2.05) is 0 Å². The molecule has 0 saturated heterocycles.